The fourth-order valence-electron chi connectivity index (χ4n) is 3.42. The van der Waals surface area contributed by atoms with Gasteiger partial charge in [-0.1, -0.05) is 56.3 Å². The van der Waals surface area contributed by atoms with Crippen molar-refractivity contribution in [3.63, 3.8) is 0 Å². The van der Waals surface area contributed by atoms with Crippen LogP contribution in [0.3, 0.4) is 0 Å². The van der Waals surface area contributed by atoms with Crippen molar-refractivity contribution in [3.05, 3.63) is 95.1 Å². The molecular formula is C25H28N2O3S. The maximum Gasteiger partial charge on any atom is 0.264 e. The Balaban J connectivity index is 1.78. The van der Waals surface area contributed by atoms with Crippen LogP contribution in [-0.2, 0) is 29.4 Å². The number of anilines is 1. The van der Waals surface area contributed by atoms with E-state index in [2.05, 4.69) is 37.4 Å². The van der Waals surface area contributed by atoms with Crippen LogP contribution in [0.25, 0.3) is 0 Å². The van der Waals surface area contributed by atoms with Crippen molar-refractivity contribution in [1.29, 1.82) is 0 Å². The van der Waals surface area contributed by atoms with Gasteiger partial charge in [0.25, 0.3) is 15.9 Å². The molecule has 0 bridgehead atoms. The van der Waals surface area contributed by atoms with E-state index in [0.717, 1.165) is 18.4 Å². The summed E-state index contributed by atoms with van der Waals surface area (Å²) in [6.45, 7) is 4.63. The number of amides is 1. The first-order valence-electron chi connectivity index (χ1n) is 10.4. The molecule has 0 radical (unpaired) electrons. The minimum Gasteiger partial charge on any atom is -0.348 e. The zero-order valence-corrected chi connectivity index (χ0v) is 18.9. The van der Waals surface area contributed by atoms with Gasteiger partial charge < -0.3 is 5.32 Å². The summed E-state index contributed by atoms with van der Waals surface area (Å²) >= 11 is 0. The molecule has 3 aromatic rings. The number of carbonyl (C=O) groups excluding carboxylic acids is 1. The van der Waals surface area contributed by atoms with E-state index in [4.69, 9.17) is 0 Å². The fourth-order valence-corrected chi connectivity index (χ4v) is 4.63. The first-order valence-corrected chi connectivity index (χ1v) is 11.8. The van der Waals surface area contributed by atoms with E-state index >= 15 is 0 Å². The van der Waals surface area contributed by atoms with Crippen molar-refractivity contribution < 1.29 is 13.2 Å². The standard InChI is InChI=1S/C25H28N2O3S/c1-4-19-14-15-20(5-2)22(16-19)18-26-25(28)21-10-9-11-23(17-21)27(3)31(29,30)24-12-7-6-8-13-24/h6-17H,4-5,18H2,1-3H3,(H,26,28). The molecule has 0 aromatic heterocycles. The van der Waals surface area contributed by atoms with Crippen LogP contribution in [0.15, 0.2) is 77.7 Å². The van der Waals surface area contributed by atoms with Gasteiger partial charge in [0, 0.05) is 19.2 Å². The summed E-state index contributed by atoms with van der Waals surface area (Å²) in [4.78, 5) is 13.0. The molecule has 1 amide bonds. The maximum absolute atomic E-state index is 12.9. The Morgan fingerprint density at radius 2 is 1.61 bits per heavy atom. The summed E-state index contributed by atoms with van der Waals surface area (Å²) in [5, 5.41) is 2.97. The Morgan fingerprint density at radius 1 is 0.871 bits per heavy atom. The van der Waals surface area contributed by atoms with Crippen LogP contribution in [-0.4, -0.2) is 21.4 Å². The molecule has 31 heavy (non-hydrogen) atoms. The van der Waals surface area contributed by atoms with Crippen molar-refractivity contribution in [2.45, 2.75) is 38.1 Å². The average Bonchev–Trinajstić information content (AvgIpc) is 2.82. The zero-order valence-electron chi connectivity index (χ0n) is 18.1. The number of carbonyl (C=O) groups is 1. The molecule has 0 unspecified atom stereocenters. The number of hydrogen-bond acceptors (Lipinski definition) is 3. The van der Waals surface area contributed by atoms with Gasteiger partial charge in [-0.2, -0.15) is 0 Å². The minimum absolute atomic E-state index is 0.204. The van der Waals surface area contributed by atoms with Crippen molar-refractivity contribution in [1.82, 2.24) is 5.32 Å². The normalized spacial score (nSPS) is 11.2. The fraction of sp³-hybridized carbons (Fsp3) is 0.240. The van der Waals surface area contributed by atoms with Crippen LogP contribution in [0, 0.1) is 0 Å². The van der Waals surface area contributed by atoms with Gasteiger partial charge in [0.2, 0.25) is 0 Å². The lowest BCUT2D eigenvalue weighted by Gasteiger charge is -2.20. The second-order valence-electron chi connectivity index (χ2n) is 7.33. The SMILES string of the molecule is CCc1ccc(CC)c(CNC(=O)c2cccc(N(C)S(=O)(=O)c3ccccc3)c2)c1. The summed E-state index contributed by atoms with van der Waals surface area (Å²) in [6, 6.07) is 21.3. The highest BCUT2D eigenvalue weighted by Crippen LogP contribution is 2.23. The molecule has 0 saturated carbocycles. The predicted molar refractivity (Wildman–Crippen MR) is 125 cm³/mol. The van der Waals surface area contributed by atoms with Gasteiger partial charge in [-0.15, -0.1) is 0 Å². The second kappa shape index (κ2) is 9.79. The molecule has 6 heteroatoms. The number of nitrogens with zero attached hydrogens (tertiary/aromatic N) is 1. The van der Waals surface area contributed by atoms with Gasteiger partial charge in [0.15, 0.2) is 0 Å². The Morgan fingerprint density at radius 3 is 2.29 bits per heavy atom. The van der Waals surface area contributed by atoms with Gasteiger partial charge in [-0.3, -0.25) is 9.10 Å². The summed E-state index contributed by atoms with van der Waals surface area (Å²) in [5.74, 6) is -0.240. The van der Waals surface area contributed by atoms with Crippen LogP contribution in [0.1, 0.15) is 40.9 Å². The smallest absolute Gasteiger partial charge is 0.264 e. The highest BCUT2D eigenvalue weighted by Gasteiger charge is 2.21. The lowest BCUT2D eigenvalue weighted by molar-refractivity contribution is 0.0951. The van der Waals surface area contributed by atoms with Crippen LogP contribution in [0.2, 0.25) is 0 Å². The Labute approximate surface area is 184 Å². The monoisotopic (exact) mass is 436 g/mol. The molecule has 0 aliphatic heterocycles. The maximum atomic E-state index is 12.9. The van der Waals surface area contributed by atoms with Crippen LogP contribution < -0.4 is 9.62 Å². The van der Waals surface area contributed by atoms with Crippen LogP contribution >= 0.6 is 0 Å². The van der Waals surface area contributed by atoms with E-state index in [1.54, 1.807) is 54.6 Å². The topological polar surface area (TPSA) is 66.5 Å². The van der Waals surface area contributed by atoms with Crippen LogP contribution in [0.5, 0.6) is 0 Å². The molecule has 0 atom stereocenters. The molecule has 3 aromatic carbocycles. The highest BCUT2D eigenvalue weighted by molar-refractivity contribution is 7.92. The summed E-state index contributed by atoms with van der Waals surface area (Å²) in [5.41, 5.74) is 4.39. The second-order valence-corrected chi connectivity index (χ2v) is 9.30. The third-order valence-corrected chi connectivity index (χ3v) is 7.17. The molecular weight excluding hydrogens is 408 g/mol. The van der Waals surface area contributed by atoms with Gasteiger partial charge in [-0.25, -0.2) is 8.42 Å². The molecule has 162 valence electrons. The van der Waals surface area contributed by atoms with E-state index in [1.165, 1.54) is 22.5 Å². The first-order chi connectivity index (χ1) is 14.9. The molecule has 0 aliphatic rings. The number of benzene rings is 3. The van der Waals surface area contributed by atoms with E-state index in [9.17, 15) is 13.2 Å². The highest BCUT2D eigenvalue weighted by atomic mass is 32.2. The van der Waals surface area contributed by atoms with E-state index in [0.29, 0.717) is 17.8 Å². The lowest BCUT2D eigenvalue weighted by atomic mass is 10.0. The van der Waals surface area contributed by atoms with Crippen molar-refractivity contribution in [2.24, 2.45) is 0 Å². The van der Waals surface area contributed by atoms with Crippen molar-refractivity contribution in [3.8, 4) is 0 Å². The Bertz CT molecular complexity index is 1160. The number of aryl methyl sites for hydroxylation is 2. The summed E-state index contributed by atoms with van der Waals surface area (Å²) < 4.78 is 27.0. The molecule has 0 aliphatic carbocycles. The molecule has 0 heterocycles. The predicted octanol–water partition coefficient (Wildman–Crippen LogP) is 4.57. The van der Waals surface area contributed by atoms with Gasteiger partial charge in [0.05, 0.1) is 10.6 Å². The zero-order chi connectivity index (χ0) is 22.4. The third-order valence-electron chi connectivity index (χ3n) is 5.37. The lowest BCUT2D eigenvalue weighted by Crippen LogP contribution is -2.27. The minimum atomic E-state index is -3.70. The number of rotatable bonds is 8. The van der Waals surface area contributed by atoms with E-state index in [1.807, 2.05) is 0 Å². The average molecular weight is 437 g/mol. The first kappa shape index (κ1) is 22.6. The van der Waals surface area contributed by atoms with E-state index < -0.39 is 10.0 Å². The number of nitrogens with one attached hydrogen (secondary N) is 1. The summed E-state index contributed by atoms with van der Waals surface area (Å²) in [7, 11) is -2.22. The molecule has 0 saturated heterocycles. The largest absolute Gasteiger partial charge is 0.348 e. The van der Waals surface area contributed by atoms with E-state index in [-0.39, 0.29) is 10.8 Å². The molecule has 0 spiro atoms. The summed E-state index contributed by atoms with van der Waals surface area (Å²) in [6.07, 6.45) is 1.84. The molecule has 1 N–H and O–H groups in total. The van der Waals surface area contributed by atoms with Crippen LogP contribution in [0.4, 0.5) is 5.69 Å². The van der Waals surface area contributed by atoms with Crippen molar-refractivity contribution >= 4 is 21.6 Å². The van der Waals surface area contributed by atoms with Gasteiger partial charge in [-0.05, 0) is 59.9 Å². The van der Waals surface area contributed by atoms with Crippen molar-refractivity contribution in [2.75, 3.05) is 11.4 Å². The quantitative estimate of drug-likeness (QED) is 0.563. The molecule has 0 fully saturated rings. The Kier molecular flexibility index (Phi) is 7.13. The van der Waals surface area contributed by atoms with Gasteiger partial charge >= 0.3 is 0 Å². The molecule has 3 rings (SSSR count). The Hall–Kier alpha value is -3.12. The number of sulfonamides is 1. The van der Waals surface area contributed by atoms with Gasteiger partial charge in [0.1, 0.15) is 0 Å². The third kappa shape index (κ3) is 5.14. The molecule has 5 nitrogen and oxygen atoms in total. The number of hydrogen-bond donors (Lipinski definition) is 1.